The minimum atomic E-state index is -0.452. The summed E-state index contributed by atoms with van der Waals surface area (Å²) >= 11 is 1.58. The topological polar surface area (TPSA) is 65.5 Å². The van der Waals surface area contributed by atoms with E-state index in [1.54, 1.807) is 66.4 Å². The SMILES string of the molecule is C#Cc1cccc(NC(=O)CN(C)C(C)C(=O)N(C)Cc2nc3ccccc3s2)c1. The molecule has 0 fully saturated rings. The number of rotatable bonds is 7. The number of thiazole rings is 1. The molecule has 1 unspecified atom stereocenters. The van der Waals surface area contributed by atoms with Gasteiger partial charge in [-0.25, -0.2) is 4.98 Å². The highest BCUT2D eigenvalue weighted by Gasteiger charge is 2.24. The summed E-state index contributed by atoms with van der Waals surface area (Å²) in [6.07, 6.45) is 5.39. The van der Waals surface area contributed by atoms with E-state index in [1.165, 1.54) is 0 Å². The average Bonchev–Trinajstić information content (AvgIpc) is 3.14. The van der Waals surface area contributed by atoms with Gasteiger partial charge in [-0.05, 0) is 44.3 Å². The third-order valence-electron chi connectivity index (χ3n) is 4.81. The Labute approximate surface area is 180 Å². The van der Waals surface area contributed by atoms with Gasteiger partial charge >= 0.3 is 0 Å². The first-order valence-corrected chi connectivity index (χ1v) is 10.3. The van der Waals surface area contributed by atoms with Crippen molar-refractivity contribution in [2.45, 2.75) is 19.5 Å². The maximum Gasteiger partial charge on any atom is 0.239 e. The Kier molecular flexibility index (Phi) is 6.83. The molecule has 0 aliphatic rings. The van der Waals surface area contributed by atoms with Crippen LogP contribution in [0.15, 0.2) is 48.5 Å². The number of fused-ring (bicyclic) bond motifs is 1. The number of carbonyl (C=O) groups excluding carboxylic acids is 2. The van der Waals surface area contributed by atoms with Gasteiger partial charge in [0, 0.05) is 18.3 Å². The number of para-hydroxylation sites is 1. The van der Waals surface area contributed by atoms with Gasteiger partial charge in [0.2, 0.25) is 11.8 Å². The predicted molar refractivity (Wildman–Crippen MR) is 121 cm³/mol. The highest BCUT2D eigenvalue weighted by molar-refractivity contribution is 7.18. The van der Waals surface area contributed by atoms with Gasteiger partial charge in [0.1, 0.15) is 5.01 Å². The van der Waals surface area contributed by atoms with Gasteiger partial charge in [0.15, 0.2) is 0 Å². The number of terminal acetylenes is 1. The molecule has 30 heavy (non-hydrogen) atoms. The Bertz CT molecular complexity index is 1070. The molecule has 6 nitrogen and oxygen atoms in total. The van der Waals surface area contributed by atoms with Crippen molar-refractivity contribution < 1.29 is 9.59 Å². The molecule has 1 atom stereocenters. The second kappa shape index (κ2) is 9.53. The van der Waals surface area contributed by atoms with E-state index in [4.69, 9.17) is 6.42 Å². The maximum atomic E-state index is 12.8. The number of amides is 2. The number of carbonyl (C=O) groups is 2. The molecular formula is C23H24N4O2S. The number of anilines is 1. The summed E-state index contributed by atoms with van der Waals surface area (Å²) < 4.78 is 1.10. The van der Waals surface area contributed by atoms with Gasteiger partial charge in [-0.1, -0.05) is 24.1 Å². The molecule has 7 heteroatoms. The number of hydrogen-bond donors (Lipinski definition) is 1. The van der Waals surface area contributed by atoms with Crippen LogP contribution in [0.25, 0.3) is 10.2 Å². The molecule has 0 saturated heterocycles. The first-order valence-electron chi connectivity index (χ1n) is 9.53. The fraction of sp³-hybridized carbons (Fsp3) is 0.261. The monoisotopic (exact) mass is 420 g/mol. The maximum absolute atomic E-state index is 12.8. The van der Waals surface area contributed by atoms with Crippen molar-refractivity contribution in [1.29, 1.82) is 0 Å². The highest BCUT2D eigenvalue weighted by atomic mass is 32.1. The Balaban J connectivity index is 1.55. The average molecular weight is 421 g/mol. The fourth-order valence-electron chi connectivity index (χ4n) is 3.03. The second-order valence-electron chi connectivity index (χ2n) is 7.13. The third-order valence-corrected chi connectivity index (χ3v) is 5.83. The summed E-state index contributed by atoms with van der Waals surface area (Å²) in [4.78, 5) is 33.2. The van der Waals surface area contributed by atoms with Crippen molar-refractivity contribution in [3.63, 3.8) is 0 Å². The van der Waals surface area contributed by atoms with Crippen LogP contribution in [0.2, 0.25) is 0 Å². The Morgan fingerprint density at radius 2 is 1.97 bits per heavy atom. The summed E-state index contributed by atoms with van der Waals surface area (Å²) in [5, 5.41) is 3.70. The van der Waals surface area contributed by atoms with Crippen LogP contribution in [0.5, 0.6) is 0 Å². The third kappa shape index (κ3) is 5.23. The summed E-state index contributed by atoms with van der Waals surface area (Å²) in [6, 6.07) is 14.6. The van der Waals surface area contributed by atoms with Crippen molar-refractivity contribution in [2.75, 3.05) is 26.0 Å². The lowest BCUT2D eigenvalue weighted by molar-refractivity contribution is -0.135. The minimum absolute atomic E-state index is 0.0705. The second-order valence-corrected chi connectivity index (χ2v) is 8.25. The van der Waals surface area contributed by atoms with Crippen LogP contribution in [0.3, 0.4) is 0 Å². The molecule has 0 aliphatic heterocycles. The molecule has 1 aromatic heterocycles. The van der Waals surface area contributed by atoms with Gasteiger partial charge < -0.3 is 10.2 Å². The zero-order valence-corrected chi connectivity index (χ0v) is 18.1. The lowest BCUT2D eigenvalue weighted by Crippen LogP contribution is -2.46. The molecule has 2 aromatic carbocycles. The van der Waals surface area contributed by atoms with Crippen molar-refractivity contribution in [3.8, 4) is 12.3 Å². The summed E-state index contributed by atoms with van der Waals surface area (Å²) in [5.41, 5.74) is 2.27. The first kappa shape index (κ1) is 21.5. The van der Waals surface area contributed by atoms with E-state index in [9.17, 15) is 9.59 Å². The van der Waals surface area contributed by atoms with E-state index in [-0.39, 0.29) is 18.4 Å². The molecule has 1 heterocycles. The van der Waals surface area contributed by atoms with E-state index in [2.05, 4.69) is 16.2 Å². The van der Waals surface area contributed by atoms with Crippen molar-refractivity contribution in [1.82, 2.24) is 14.8 Å². The van der Waals surface area contributed by atoms with Crippen molar-refractivity contribution in [2.24, 2.45) is 0 Å². The van der Waals surface area contributed by atoms with E-state index >= 15 is 0 Å². The molecule has 0 saturated carbocycles. The van der Waals surface area contributed by atoms with E-state index in [0.29, 0.717) is 17.8 Å². The van der Waals surface area contributed by atoms with E-state index in [1.807, 2.05) is 24.3 Å². The molecule has 2 amide bonds. The standard InChI is InChI=1S/C23H24N4O2S/c1-5-17-9-8-10-18(13-17)24-21(28)14-26(3)16(2)23(29)27(4)15-22-25-19-11-6-7-12-20(19)30-22/h1,6-13,16H,14-15H2,2-4H3,(H,24,28). The molecule has 3 aromatic rings. The molecule has 1 N–H and O–H groups in total. The number of aromatic nitrogens is 1. The lowest BCUT2D eigenvalue weighted by atomic mass is 10.2. The van der Waals surface area contributed by atoms with E-state index in [0.717, 1.165) is 15.2 Å². The van der Waals surface area contributed by atoms with Crippen LogP contribution in [0.4, 0.5) is 5.69 Å². The quantitative estimate of drug-likeness (QED) is 0.596. The Hall–Kier alpha value is -3.21. The molecule has 0 aliphatic carbocycles. The Morgan fingerprint density at radius 1 is 1.20 bits per heavy atom. The van der Waals surface area contributed by atoms with Crippen LogP contribution >= 0.6 is 11.3 Å². The molecule has 0 radical (unpaired) electrons. The summed E-state index contributed by atoms with van der Waals surface area (Å²) in [7, 11) is 3.51. The minimum Gasteiger partial charge on any atom is -0.338 e. The van der Waals surface area contributed by atoms with Crippen LogP contribution in [-0.4, -0.2) is 53.3 Å². The number of benzene rings is 2. The van der Waals surface area contributed by atoms with Crippen molar-refractivity contribution in [3.05, 3.63) is 59.1 Å². The summed E-state index contributed by atoms with van der Waals surface area (Å²) in [5.74, 6) is 2.26. The van der Waals surface area contributed by atoms with Gasteiger partial charge in [-0.3, -0.25) is 14.5 Å². The highest BCUT2D eigenvalue weighted by Crippen LogP contribution is 2.22. The van der Waals surface area contributed by atoms with E-state index < -0.39 is 6.04 Å². The largest absolute Gasteiger partial charge is 0.338 e. The molecule has 0 bridgehead atoms. The van der Waals surface area contributed by atoms with Gasteiger partial charge in [0.05, 0.1) is 29.3 Å². The van der Waals surface area contributed by atoms with Gasteiger partial charge in [-0.2, -0.15) is 0 Å². The molecule has 154 valence electrons. The number of likely N-dealkylation sites (N-methyl/N-ethyl adjacent to an activating group) is 2. The zero-order chi connectivity index (χ0) is 21.7. The molecule has 3 rings (SSSR count). The zero-order valence-electron chi connectivity index (χ0n) is 17.3. The first-order chi connectivity index (χ1) is 14.4. The van der Waals surface area contributed by atoms with Crippen LogP contribution < -0.4 is 5.32 Å². The van der Waals surface area contributed by atoms with Crippen LogP contribution in [0.1, 0.15) is 17.5 Å². The molecular weight excluding hydrogens is 396 g/mol. The number of nitrogens with one attached hydrogen (secondary N) is 1. The summed E-state index contributed by atoms with van der Waals surface area (Å²) in [6.45, 7) is 2.31. The number of hydrogen-bond acceptors (Lipinski definition) is 5. The predicted octanol–water partition coefficient (Wildman–Crippen LogP) is 3.20. The van der Waals surface area contributed by atoms with Gasteiger partial charge in [-0.15, -0.1) is 17.8 Å². The molecule has 0 spiro atoms. The number of nitrogens with zero attached hydrogens (tertiary/aromatic N) is 3. The Morgan fingerprint density at radius 3 is 2.70 bits per heavy atom. The lowest BCUT2D eigenvalue weighted by Gasteiger charge is -2.27. The smallest absolute Gasteiger partial charge is 0.239 e. The van der Waals surface area contributed by atoms with Crippen LogP contribution in [0, 0.1) is 12.3 Å². The van der Waals surface area contributed by atoms with Crippen molar-refractivity contribution >= 4 is 39.1 Å². The van der Waals surface area contributed by atoms with Crippen LogP contribution in [-0.2, 0) is 16.1 Å². The normalized spacial score (nSPS) is 11.8. The fourth-order valence-corrected chi connectivity index (χ4v) is 4.05. The van der Waals surface area contributed by atoms with Gasteiger partial charge in [0.25, 0.3) is 0 Å².